The molecule has 3 rings (SSSR count). The molecule has 116 valence electrons. The van der Waals surface area contributed by atoms with E-state index in [0.29, 0.717) is 23.8 Å². The van der Waals surface area contributed by atoms with Crippen molar-refractivity contribution in [1.82, 2.24) is 14.5 Å². The van der Waals surface area contributed by atoms with Crippen molar-refractivity contribution in [2.24, 2.45) is 0 Å². The first kappa shape index (κ1) is 14.6. The third-order valence-electron chi connectivity index (χ3n) is 3.49. The number of imidazole rings is 1. The van der Waals surface area contributed by atoms with Crippen molar-refractivity contribution in [3.8, 4) is 0 Å². The molecule has 0 saturated carbocycles. The molecule has 2 aromatic heterocycles. The Kier molecular flexibility index (Phi) is 3.41. The van der Waals surface area contributed by atoms with Crippen LogP contribution >= 0.6 is 0 Å². The van der Waals surface area contributed by atoms with Crippen LogP contribution in [0.15, 0.2) is 24.3 Å². The monoisotopic (exact) mass is 299 g/mol. The van der Waals surface area contributed by atoms with E-state index in [1.807, 2.05) is 35.8 Å². The van der Waals surface area contributed by atoms with E-state index in [4.69, 9.17) is 5.73 Å². The Labute approximate surface area is 129 Å². The van der Waals surface area contributed by atoms with Gasteiger partial charge in [0.15, 0.2) is 5.82 Å². The zero-order valence-electron chi connectivity index (χ0n) is 13.1. The van der Waals surface area contributed by atoms with Crippen LogP contribution < -0.4 is 11.1 Å². The van der Waals surface area contributed by atoms with Gasteiger partial charge in [0.05, 0.1) is 23.2 Å². The normalized spacial score (nSPS) is 12.2. The van der Waals surface area contributed by atoms with Crippen molar-refractivity contribution in [2.45, 2.75) is 32.9 Å². The van der Waals surface area contributed by atoms with Crippen molar-refractivity contribution in [1.29, 1.82) is 0 Å². The largest absolute Gasteiger partial charge is 0.389 e. The van der Waals surface area contributed by atoms with E-state index in [1.54, 1.807) is 13.8 Å². The summed E-state index contributed by atoms with van der Waals surface area (Å²) in [7, 11) is 0. The summed E-state index contributed by atoms with van der Waals surface area (Å²) in [6.07, 6.45) is 0. The molecule has 4 N–H and O–H groups in total. The second kappa shape index (κ2) is 5.14. The summed E-state index contributed by atoms with van der Waals surface area (Å²) in [6.45, 7) is 6.72. The van der Waals surface area contributed by atoms with Gasteiger partial charge < -0.3 is 20.7 Å². The molecule has 0 bridgehead atoms. The lowest BCUT2D eigenvalue weighted by molar-refractivity contribution is 0.0633. The number of nitrogens with zero attached hydrogens (tertiary/aromatic N) is 3. The molecular weight excluding hydrogens is 278 g/mol. The quantitative estimate of drug-likeness (QED) is 0.688. The van der Waals surface area contributed by atoms with Crippen LogP contribution in [0, 0.1) is 0 Å². The van der Waals surface area contributed by atoms with E-state index < -0.39 is 5.60 Å². The van der Waals surface area contributed by atoms with Crippen molar-refractivity contribution in [3.05, 3.63) is 24.3 Å². The summed E-state index contributed by atoms with van der Waals surface area (Å²) in [5, 5.41) is 14.5. The highest BCUT2D eigenvalue weighted by Gasteiger charge is 2.22. The SMILES string of the molecule is CCNc1nc2c(N)nc3ccccc3c2n1CC(C)(C)O. The van der Waals surface area contributed by atoms with E-state index in [0.717, 1.165) is 23.0 Å². The fourth-order valence-electron chi connectivity index (χ4n) is 2.69. The maximum absolute atomic E-state index is 10.3. The second-order valence-electron chi connectivity index (χ2n) is 6.08. The molecule has 3 aromatic rings. The van der Waals surface area contributed by atoms with Crippen LogP contribution in [-0.2, 0) is 6.54 Å². The number of aromatic nitrogens is 3. The van der Waals surface area contributed by atoms with Crippen molar-refractivity contribution < 1.29 is 5.11 Å². The molecule has 6 heteroatoms. The zero-order valence-corrected chi connectivity index (χ0v) is 13.1. The Balaban J connectivity index is 2.39. The maximum atomic E-state index is 10.3. The minimum absolute atomic E-state index is 0.405. The predicted octanol–water partition coefficient (Wildman–Crippen LogP) is 2.37. The highest BCUT2D eigenvalue weighted by Crippen LogP contribution is 2.31. The number of para-hydroxylation sites is 1. The number of anilines is 2. The summed E-state index contributed by atoms with van der Waals surface area (Å²) >= 11 is 0. The van der Waals surface area contributed by atoms with Crippen molar-refractivity contribution >= 4 is 33.7 Å². The average Bonchev–Trinajstić information content (AvgIpc) is 2.77. The summed E-state index contributed by atoms with van der Waals surface area (Å²) in [4.78, 5) is 9.02. The van der Waals surface area contributed by atoms with Gasteiger partial charge in [0.1, 0.15) is 5.52 Å². The highest BCUT2D eigenvalue weighted by molar-refractivity contribution is 6.07. The first-order valence-corrected chi connectivity index (χ1v) is 7.41. The number of aliphatic hydroxyl groups is 1. The lowest BCUT2D eigenvalue weighted by Gasteiger charge is -2.20. The van der Waals surface area contributed by atoms with Gasteiger partial charge in [0.25, 0.3) is 0 Å². The highest BCUT2D eigenvalue weighted by atomic mass is 16.3. The standard InChI is InChI=1S/C16H21N5O/c1-4-18-15-20-12-13(21(15)9-16(2,3)22)10-7-5-6-8-11(10)19-14(12)17/h5-8,22H,4,9H2,1-3H3,(H2,17,19)(H,18,20). The van der Waals surface area contributed by atoms with Crippen LogP contribution in [0.4, 0.5) is 11.8 Å². The number of fused-ring (bicyclic) bond motifs is 3. The number of nitrogens with one attached hydrogen (secondary N) is 1. The Morgan fingerprint density at radius 1 is 1.27 bits per heavy atom. The molecule has 6 nitrogen and oxygen atoms in total. The summed E-state index contributed by atoms with van der Waals surface area (Å²) in [5.74, 6) is 1.10. The van der Waals surface area contributed by atoms with Crippen LogP contribution in [0.25, 0.3) is 21.9 Å². The van der Waals surface area contributed by atoms with Crippen molar-refractivity contribution in [3.63, 3.8) is 0 Å². The van der Waals surface area contributed by atoms with Crippen molar-refractivity contribution in [2.75, 3.05) is 17.6 Å². The number of nitrogens with two attached hydrogens (primary N) is 1. The smallest absolute Gasteiger partial charge is 0.204 e. The number of nitrogen functional groups attached to an aromatic ring is 1. The summed E-state index contributed by atoms with van der Waals surface area (Å²) < 4.78 is 1.99. The number of rotatable bonds is 4. The van der Waals surface area contributed by atoms with Gasteiger partial charge in [-0.25, -0.2) is 9.97 Å². The van der Waals surface area contributed by atoms with Gasteiger partial charge in [-0.05, 0) is 26.8 Å². The molecule has 0 unspecified atom stereocenters. The molecule has 0 amide bonds. The fraction of sp³-hybridized carbons (Fsp3) is 0.375. The summed E-state index contributed by atoms with van der Waals surface area (Å²) in [5.41, 5.74) is 7.62. The molecule has 0 spiro atoms. The molecule has 0 radical (unpaired) electrons. The van der Waals surface area contributed by atoms with Crippen LogP contribution in [0.5, 0.6) is 0 Å². The minimum atomic E-state index is -0.864. The second-order valence-corrected chi connectivity index (χ2v) is 6.08. The number of hydrogen-bond acceptors (Lipinski definition) is 5. The van der Waals surface area contributed by atoms with Gasteiger partial charge in [-0.1, -0.05) is 18.2 Å². The lowest BCUT2D eigenvalue weighted by atomic mass is 10.1. The Morgan fingerprint density at radius 2 is 2.00 bits per heavy atom. The molecule has 0 saturated heterocycles. The van der Waals surface area contributed by atoms with E-state index >= 15 is 0 Å². The minimum Gasteiger partial charge on any atom is -0.389 e. The maximum Gasteiger partial charge on any atom is 0.204 e. The molecule has 0 aliphatic carbocycles. The first-order chi connectivity index (χ1) is 10.4. The number of benzene rings is 1. The molecule has 2 heterocycles. The molecule has 0 fully saturated rings. The Morgan fingerprint density at radius 3 is 2.68 bits per heavy atom. The third-order valence-corrected chi connectivity index (χ3v) is 3.49. The molecule has 0 aliphatic rings. The van der Waals surface area contributed by atoms with Gasteiger partial charge in [-0.2, -0.15) is 0 Å². The summed E-state index contributed by atoms with van der Waals surface area (Å²) in [6, 6.07) is 7.83. The van der Waals surface area contributed by atoms with Gasteiger partial charge in [-0.3, -0.25) is 0 Å². The number of pyridine rings is 1. The van der Waals surface area contributed by atoms with E-state index in [1.165, 1.54) is 0 Å². The van der Waals surface area contributed by atoms with Crippen LogP contribution in [0.1, 0.15) is 20.8 Å². The van der Waals surface area contributed by atoms with E-state index in [2.05, 4.69) is 15.3 Å². The topological polar surface area (TPSA) is 89.0 Å². The zero-order chi connectivity index (χ0) is 15.9. The average molecular weight is 299 g/mol. The lowest BCUT2D eigenvalue weighted by Crippen LogP contribution is -2.27. The van der Waals surface area contributed by atoms with E-state index in [-0.39, 0.29) is 0 Å². The van der Waals surface area contributed by atoms with Crippen LogP contribution in [-0.4, -0.2) is 31.8 Å². The fourth-order valence-corrected chi connectivity index (χ4v) is 2.69. The van der Waals surface area contributed by atoms with Crippen LogP contribution in [0.3, 0.4) is 0 Å². The van der Waals surface area contributed by atoms with Gasteiger partial charge in [-0.15, -0.1) is 0 Å². The van der Waals surface area contributed by atoms with Gasteiger partial charge >= 0.3 is 0 Å². The van der Waals surface area contributed by atoms with Gasteiger partial charge in [0.2, 0.25) is 5.95 Å². The molecule has 22 heavy (non-hydrogen) atoms. The van der Waals surface area contributed by atoms with Gasteiger partial charge in [0, 0.05) is 11.9 Å². The number of hydrogen-bond donors (Lipinski definition) is 3. The molecule has 0 aliphatic heterocycles. The molecular formula is C16H21N5O. The Bertz CT molecular complexity index is 832. The molecule has 0 atom stereocenters. The third kappa shape index (κ3) is 2.46. The van der Waals surface area contributed by atoms with E-state index in [9.17, 15) is 5.11 Å². The Hall–Kier alpha value is -2.34. The van der Waals surface area contributed by atoms with Crippen LogP contribution in [0.2, 0.25) is 0 Å². The molecule has 1 aromatic carbocycles. The first-order valence-electron chi connectivity index (χ1n) is 7.41. The predicted molar refractivity (Wildman–Crippen MR) is 89.9 cm³/mol.